The summed E-state index contributed by atoms with van der Waals surface area (Å²) in [6, 6.07) is 11.2. The van der Waals surface area contributed by atoms with Gasteiger partial charge >= 0.3 is 0 Å². The zero-order chi connectivity index (χ0) is 17.8. The standard InChI is InChI=1S/C17H16BrN3O3S/c18-11-3-5-12(6-4-11)25-16-13(2-1-7-20-16)17(23)21-8-9-24-14(10-21)15(19)22/h1-7,14H,8-10H2,(H2,19,22). The molecule has 0 aliphatic carbocycles. The Labute approximate surface area is 157 Å². The second kappa shape index (κ2) is 7.99. The molecule has 1 fully saturated rings. The van der Waals surface area contributed by atoms with Crippen molar-refractivity contribution in [2.24, 2.45) is 5.73 Å². The van der Waals surface area contributed by atoms with Crippen molar-refractivity contribution in [1.29, 1.82) is 0 Å². The van der Waals surface area contributed by atoms with Crippen molar-refractivity contribution in [3.8, 4) is 0 Å². The summed E-state index contributed by atoms with van der Waals surface area (Å²) >= 11 is 4.82. The second-order valence-corrected chi connectivity index (χ2v) is 7.40. The number of hydrogen-bond acceptors (Lipinski definition) is 5. The van der Waals surface area contributed by atoms with Crippen LogP contribution >= 0.6 is 27.7 Å². The number of amides is 2. The maximum atomic E-state index is 12.9. The van der Waals surface area contributed by atoms with Crippen LogP contribution < -0.4 is 5.73 Å². The summed E-state index contributed by atoms with van der Waals surface area (Å²) in [5, 5.41) is 0.622. The molecule has 1 unspecified atom stereocenters. The molecule has 1 saturated heterocycles. The zero-order valence-electron chi connectivity index (χ0n) is 13.2. The van der Waals surface area contributed by atoms with E-state index in [9.17, 15) is 9.59 Å². The molecule has 3 rings (SSSR count). The molecule has 1 aromatic carbocycles. The van der Waals surface area contributed by atoms with Gasteiger partial charge in [0.25, 0.3) is 5.91 Å². The molecule has 2 amide bonds. The van der Waals surface area contributed by atoms with Gasteiger partial charge in [0.15, 0.2) is 6.10 Å². The van der Waals surface area contributed by atoms with Gasteiger partial charge < -0.3 is 15.4 Å². The molecule has 2 N–H and O–H groups in total. The fourth-order valence-corrected chi connectivity index (χ4v) is 3.56. The Morgan fingerprint density at radius 1 is 1.28 bits per heavy atom. The van der Waals surface area contributed by atoms with Crippen molar-refractivity contribution < 1.29 is 14.3 Å². The monoisotopic (exact) mass is 421 g/mol. The highest BCUT2D eigenvalue weighted by atomic mass is 79.9. The second-order valence-electron chi connectivity index (χ2n) is 5.43. The molecule has 1 aromatic heterocycles. The number of pyridine rings is 1. The Hall–Kier alpha value is -1.90. The lowest BCUT2D eigenvalue weighted by molar-refractivity contribution is -0.133. The van der Waals surface area contributed by atoms with Gasteiger partial charge in [-0.05, 0) is 36.4 Å². The smallest absolute Gasteiger partial charge is 0.256 e. The first-order valence-corrected chi connectivity index (χ1v) is 9.24. The molecule has 0 saturated carbocycles. The van der Waals surface area contributed by atoms with Gasteiger partial charge in [-0.25, -0.2) is 4.98 Å². The molecule has 0 spiro atoms. The van der Waals surface area contributed by atoms with Gasteiger partial charge in [-0.15, -0.1) is 0 Å². The molecule has 1 atom stereocenters. The molecule has 6 nitrogen and oxygen atoms in total. The largest absolute Gasteiger partial charge is 0.367 e. The lowest BCUT2D eigenvalue weighted by Gasteiger charge is -2.31. The number of ether oxygens (including phenoxy) is 1. The number of hydrogen-bond donors (Lipinski definition) is 1. The first-order chi connectivity index (χ1) is 12.0. The number of primary amides is 1. The van der Waals surface area contributed by atoms with E-state index in [1.54, 1.807) is 23.2 Å². The number of rotatable bonds is 4. The molecular weight excluding hydrogens is 406 g/mol. The van der Waals surface area contributed by atoms with Crippen molar-refractivity contribution in [2.45, 2.75) is 16.0 Å². The molecule has 0 radical (unpaired) electrons. The third kappa shape index (κ3) is 4.39. The Morgan fingerprint density at radius 3 is 2.76 bits per heavy atom. The van der Waals surface area contributed by atoms with Gasteiger partial charge in [-0.3, -0.25) is 9.59 Å². The minimum atomic E-state index is -0.767. The summed E-state index contributed by atoms with van der Waals surface area (Å²) in [5.41, 5.74) is 5.79. The van der Waals surface area contributed by atoms with Crippen LogP contribution in [0.25, 0.3) is 0 Å². The van der Waals surface area contributed by atoms with Crippen molar-refractivity contribution in [3.63, 3.8) is 0 Å². The highest BCUT2D eigenvalue weighted by molar-refractivity contribution is 9.10. The minimum Gasteiger partial charge on any atom is -0.367 e. The Kier molecular flexibility index (Phi) is 5.72. The van der Waals surface area contributed by atoms with Crippen LogP contribution in [0.3, 0.4) is 0 Å². The van der Waals surface area contributed by atoms with E-state index in [0.29, 0.717) is 17.1 Å². The maximum Gasteiger partial charge on any atom is 0.256 e. The molecular formula is C17H16BrN3O3S. The lowest BCUT2D eigenvalue weighted by atomic mass is 10.2. The van der Waals surface area contributed by atoms with E-state index in [2.05, 4.69) is 20.9 Å². The summed E-state index contributed by atoms with van der Waals surface area (Å²) in [5.74, 6) is -0.740. The highest BCUT2D eigenvalue weighted by Gasteiger charge is 2.29. The van der Waals surface area contributed by atoms with E-state index in [-0.39, 0.29) is 19.1 Å². The summed E-state index contributed by atoms with van der Waals surface area (Å²) in [4.78, 5) is 31.1. The number of benzene rings is 1. The zero-order valence-corrected chi connectivity index (χ0v) is 15.6. The molecule has 0 bridgehead atoms. The SMILES string of the molecule is NC(=O)C1CN(C(=O)c2cccnc2Sc2ccc(Br)cc2)CCO1. The van der Waals surface area contributed by atoms with Gasteiger partial charge in [0, 0.05) is 22.1 Å². The van der Waals surface area contributed by atoms with Crippen molar-refractivity contribution >= 4 is 39.5 Å². The Bertz CT molecular complexity index is 785. The van der Waals surface area contributed by atoms with E-state index in [1.165, 1.54) is 11.8 Å². The Balaban J connectivity index is 1.81. The summed E-state index contributed by atoms with van der Waals surface area (Å²) in [6.45, 7) is 0.861. The topological polar surface area (TPSA) is 85.5 Å². The first-order valence-electron chi connectivity index (χ1n) is 7.63. The molecule has 130 valence electrons. The number of aromatic nitrogens is 1. The first kappa shape index (κ1) is 17.9. The number of carbonyl (C=O) groups excluding carboxylic acids is 2. The van der Waals surface area contributed by atoms with Gasteiger partial charge in [-0.1, -0.05) is 27.7 Å². The summed E-state index contributed by atoms with van der Waals surface area (Å²) in [7, 11) is 0. The summed E-state index contributed by atoms with van der Waals surface area (Å²) < 4.78 is 6.29. The predicted octanol–water partition coefficient (Wildman–Crippen LogP) is 2.32. The van der Waals surface area contributed by atoms with Crippen LogP contribution in [0.2, 0.25) is 0 Å². The number of carbonyl (C=O) groups is 2. The third-order valence-electron chi connectivity index (χ3n) is 3.70. The van der Waals surface area contributed by atoms with Gasteiger partial charge in [0.2, 0.25) is 5.91 Å². The van der Waals surface area contributed by atoms with E-state index in [1.807, 2.05) is 24.3 Å². The fraction of sp³-hybridized carbons (Fsp3) is 0.235. The summed E-state index contributed by atoms with van der Waals surface area (Å²) in [6.07, 6.45) is 0.890. The van der Waals surface area contributed by atoms with Crippen molar-refractivity contribution in [1.82, 2.24) is 9.88 Å². The van der Waals surface area contributed by atoms with E-state index < -0.39 is 12.0 Å². The highest BCUT2D eigenvalue weighted by Crippen LogP contribution is 2.30. The van der Waals surface area contributed by atoms with Crippen LogP contribution in [0, 0.1) is 0 Å². The molecule has 2 aromatic rings. The van der Waals surface area contributed by atoms with Crippen LogP contribution in [-0.2, 0) is 9.53 Å². The van der Waals surface area contributed by atoms with E-state index in [0.717, 1.165) is 9.37 Å². The average molecular weight is 422 g/mol. The predicted molar refractivity (Wildman–Crippen MR) is 97.3 cm³/mol. The number of nitrogens with zero attached hydrogens (tertiary/aromatic N) is 2. The minimum absolute atomic E-state index is 0.158. The van der Waals surface area contributed by atoms with Gasteiger partial charge in [-0.2, -0.15) is 0 Å². The van der Waals surface area contributed by atoms with Crippen LogP contribution in [0.15, 0.2) is 57.0 Å². The normalized spacial score (nSPS) is 17.3. The van der Waals surface area contributed by atoms with Crippen LogP contribution in [0.1, 0.15) is 10.4 Å². The van der Waals surface area contributed by atoms with Crippen molar-refractivity contribution in [2.75, 3.05) is 19.7 Å². The van der Waals surface area contributed by atoms with Crippen LogP contribution in [0.5, 0.6) is 0 Å². The van der Waals surface area contributed by atoms with Gasteiger partial charge in [0.05, 0.1) is 18.7 Å². The lowest BCUT2D eigenvalue weighted by Crippen LogP contribution is -2.50. The molecule has 8 heteroatoms. The maximum absolute atomic E-state index is 12.9. The van der Waals surface area contributed by atoms with Crippen LogP contribution in [-0.4, -0.2) is 47.5 Å². The third-order valence-corrected chi connectivity index (χ3v) is 5.26. The number of halogens is 1. The number of nitrogens with two attached hydrogens (primary N) is 1. The molecule has 25 heavy (non-hydrogen) atoms. The number of morpholine rings is 1. The molecule has 1 aliphatic rings. The van der Waals surface area contributed by atoms with Gasteiger partial charge in [0.1, 0.15) is 5.03 Å². The van der Waals surface area contributed by atoms with Crippen LogP contribution in [0.4, 0.5) is 0 Å². The van der Waals surface area contributed by atoms with E-state index >= 15 is 0 Å². The van der Waals surface area contributed by atoms with Crippen molar-refractivity contribution in [3.05, 3.63) is 52.6 Å². The quantitative estimate of drug-likeness (QED) is 0.818. The van der Waals surface area contributed by atoms with E-state index in [4.69, 9.17) is 10.5 Å². The fourth-order valence-electron chi connectivity index (χ4n) is 2.43. The average Bonchev–Trinajstić information content (AvgIpc) is 2.63. The molecule has 1 aliphatic heterocycles. The Morgan fingerprint density at radius 2 is 2.04 bits per heavy atom. The molecule has 2 heterocycles.